The molecule has 1 N–H and O–H groups in total. The largest absolute Gasteiger partial charge is 0.312 e. The third-order valence-corrected chi connectivity index (χ3v) is 5.97. The summed E-state index contributed by atoms with van der Waals surface area (Å²) in [6, 6.07) is 6.41. The Morgan fingerprint density at radius 3 is 2.62 bits per heavy atom. The number of fused-ring (bicyclic) bond motifs is 1. The SMILES string of the molecule is Cc1cc(C)cc(-n2ncc(CN3CCC(c4nnc5n4CCNC5)CC3)n2)c1. The van der Waals surface area contributed by atoms with Gasteiger partial charge in [-0.05, 0) is 63.0 Å². The summed E-state index contributed by atoms with van der Waals surface area (Å²) in [7, 11) is 0. The molecule has 2 aliphatic rings. The molecule has 2 aromatic heterocycles. The van der Waals surface area contributed by atoms with Crippen LogP contribution in [0, 0.1) is 13.8 Å². The zero-order chi connectivity index (χ0) is 19.8. The van der Waals surface area contributed by atoms with E-state index in [2.05, 4.69) is 62.1 Å². The second-order valence-electron chi connectivity index (χ2n) is 8.32. The van der Waals surface area contributed by atoms with Crippen molar-refractivity contribution in [3.8, 4) is 5.69 Å². The number of hydrogen-bond donors (Lipinski definition) is 1. The predicted octanol–water partition coefficient (Wildman–Crippen LogP) is 1.96. The first kappa shape index (κ1) is 18.4. The molecular formula is C21H28N8. The quantitative estimate of drug-likeness (QED) is 0.731. The minimum Gasteiger partial charge on any atom is -0.312 e. The number of benzene rings is 1. The molecule has 0 amide bonds. The number of nitrogens with zero attached hydrogens (tertiary/aromatic N) is 7. The van der Waals surface area contributed by atoms with Crippen molar-refractivity contribution in [2.24, 2.45) is 0 Å². The predicted molar refractivity (Wildman–Crippen MR) is 110 cm³/mol. The van der Waals surface area contributed by atoms with Gasteiger partial charge in [0.05, 0.1) is 24.1 Å². The standard InChI is InChI=1S/C21H28N8/c1-15-9-16(2)11-19(10-15)29-23-12-18(26-29)14-27-6-3-17(4-7-27)21-25-24-20-13-22-5-8-28(20)21/h9-12,17,22H,3-8,13-14H2,1-2H3. The average Bonchev–Trinajstić information content (AvgIpc) is 3.35. The number of rotatable bonds is 4. The molecule has 1 saturated heterocycles. The molecule has 1 fully saturated rings. The fraction of sp³-hybridized carbons (Fsp3) is 0.524. The second kappa shape index (κ2) is 7.68. The molecule has 0 radical (unpaired) electrons. The zero-order valence-electron chi connectivity index (χ0n) is 17.2. The first-order valence-electron chi connectivity index (χ1n) is 10.5. The van der Waals surface area contributed by atoms with Crippen LogP contribution in [0.2, 0.25) is 0 Å². The lowest BCUT2D eigenvalue weighted by molar-refractivity contribution is 0.197. The summed E-state index contributed by atoms with van der Waals surface area (Å²) in [6.45, 7) is 10.00. The number of piperidine rings is 1. The lowest BCUT2D eigenvalue weighted by Crippen LogP contribution is -2.34. The van der Waals surface area contributed by atoms with Gasteiger partial charge in [0.2, 0.25) is 0 Å². The highest BCUT2D eigenvalue weighted by atomic mass is 15.5. The maximum Gasteiger partial charge on any atom is 0.147 e. The number of hydrogen-bond acceptors (Lipinski definition) is 6. The van der Waals surface area contributed by atoms with Crippen LogP contribution in [0.3, 0.4) is 0 Å². The summed E-state index contributed by atoms with van der Waals surface area (Å²) in [5, 5.41) is 21.5. The van der Waals surface area contributed by atoms with Gasteiger partial charge in [0, 0.05) is 25.6 Å². The van der Waals surface area contributed by atoms with Crippen LogP contribution >= 0.6 is 0 Å². The number of aromatic nitrogens is 6. The lowest BCUT2D eigenvalue weighted by Gasteiger charge is -2.31. The molecule has 0 spiro atoms. The molecule has 1 aromatic carbocycles. The Morgan fingerprint density at radius 1 is 1.03 bits per heavy atom. The van der Waals surface area contributed by atoms with E-state index in [9.17, 15) is 0 Å². The van der Waals surface area contributed by atoms with Crippen LogP contribution in [0.4, 0.5) is 0 Å². The molecule has 8 nitrogen and oxygen atoms in total. The van der Waals surface area contributed by atoms with Gasteiger partial charge >= 0.3 is 0 Å². The van der Waals surface area contributed by atoms with Crippen molar-refractivity contribution in [3.63, 3.8) is 0 Å². The highest BCUT2D eigenvalue weighted by Gasteiger charge is 2.27. The van der Waals surface area contributed by atoms with Crippen LogP contribution in [-0.4, -0.2) is 54.3 Å². The lowest BCUT2D eigenvalue weighted by atomic mass is 9.95. The van der Waals surface area contributed by atoms with Crippen molar-refractivity contribution >= 4 is 0 Å². The van der Waals surface area contributed by atoms with Crippen molar-refractivity contribution in [2.45, 2.75) is 52.2 Å². The molecule has 0 unspecified atom stereocenters. The van der Waals surface area contributed by atoms with Gasteiger partial charge in [-0.25, -0.2) is 0 Å². The van der Waals surface area contributed by atoms with E-state index < -0.39 is 0 Å². The summed E-state index contributed by atoms with van der Waals surface area (Å²) >= 11 is 0. The van der Waals surface area contributed by atoms with E-state index in [0.717, 1.165) is 69.3 Å². The number of likely N-dealkylation sites (tertiary alicyclic amines) is 1. The average molecular weight is 393 g/mol. The van der Waals surface area contributed by atoms with Gasteiger partial charge in [-0.2, -0.15) is 15.0 Å². The third-order valence-electron chi connectivity index (χ3n) is 5.97. The monoisotopic (exact) mass is 392 g/mol. The second-order valence-corrected chi connectivity index (χ2v) is 8.32. The highest BCUT2D eigenvalue weighted by molar-refractivity contribution is 5.37. The Morgan fingerprint density at radius 2 is 1.83 bits per heavy atom. The van der Waals surface area contributed by atoms with Crippen molar-refractivity contribution in [1.82, 2.24) is 40.0 Å². The summed E-state index contributed by atoms with van der Waals surface area (Å²) < 4.78 is 2.33. The molecular weight excluding hydrogens is 364 g/mol. The van der Waals surface area contributed by atoms with Crippen LogP contribution in [0.1, 0.15) is 47.2 Å². The van der Waals surface area contributed by atoms with Crippen LogP contribution in [-0.2, 0) is 19.6 Å². The molecule has 2 aliphatic heterocycles. The Labute approximate surface area is 170 Å². The maximum absolute atomic E-state index is 4.71. The van der Waals surface area contributed by atoms with E-state index >= 15 is 0 Å². The minimum absolute atomic E-state index is 0.511. The Balaban J connectivity index is 1.21. The van der Waals surface area contributed by atoms with E-state index in [1.165, 1.54) is 17.0 Å². The smallest absolute Gasteiger partial charge is 0.147 e. The van der Waals surface area contributed by atoms with Crippen LogP contribution in [0.25, 0.3) is 5.69 Å². The summed E-state index contributed by atoms with van der Waals surface area (Å²) in [4.78, 5) is 4.22. The number of nitrogens with one attached hydrogen (secondary N) is 1. The Kier molecular flexibility index (Phi) is 4.89. The zero-order valence-corrected chi connectivity index (χ0v) is 17.2. The van der Waals surface area contributed by atoms with Crippen molar-refractivity contribution in [2.75, 3.05) is 19.6 Å². The van der Waals surface area contributed by atoms with Crippen LogP contribution in [0.15, 0.2) is 24.4 Å². The van der Waals surface area contributed by atoms with E-state index in [-0.39, 0.29) is 0 Å². The van der Waals surface area contributed by atoms with Crippen molar-refractivity contribution in [3.05, 3.63) is 52.9 Å². The summed E-state index contributed by atoms with van der Waals surface area (Å²) in [5.41, 5.74) is 4.51. The van der Waals surface area contributed by atoms with E-state index in [1.807, 2.05) is 6.20 Å². The van der Waals surface area contributed by atoms with Gasteiger partial charge in [-0.3, -0.25) is 4.90 Å². The molecule has 152 valence electrons. The van der Waals surface area contributed by atoms with Crippen LogP contribution < -0.4 is 5.32 Å². The minimum atomic E-state index is 0.511. The van der Waals surface area contributed by atoms with E-state index in [1.54, 1.807) is 4.80 Å². The fourth-order valence-electron chi connectivity index (χ4n) is 4.55. The molecule has 8 heteroatoms. The van der Waals surface area contributed by atoms with Gasteiger partial charge in [-0.15, -0.1) is 10.2 Å². The molecule has 0 bridgehead atoms. The first-order valence-corrected chi connectivity index (χ1v) is 10.5. The van der Waals surface area contributed by atoms with Gasteiger partial charge in [0.1, 0.15) is 11.6 Å². The van der Waals surface area contributed by atoms with Gasteiger partial charge in [0.15, 0.2) is 0 Å². The van der Waals surface area contributed by atoms with E-state index in [0.29, 0.717) is 5.92 Å². The molecule has 0 atom stereocenters. The highest BCUT2D eigenvalue weighted by Crippen LogP contribution is 2.28. The molecule has 5 rings (SSSR count). The first-order chi connectivity index (χ1) is 14.2. The Bertz CT molecular complexity index is 976. The molecule has 4 heterocycles. The van der Waals surface area contributed by atoms with Gasteiger partial charge < -0.3 is 9.88 Å². The summed E-state index contributed by atoms with van der Waals surface area (Å²) in [6.07, 6.45) is 4.14. The van der Waals surface area contributed by atoms with Crippen LogP contribution in [0.5, 0.6) is 0 Å². The molecule has 3 aromatic rings. The molecule has 0 aliphatic carbocycles. The third kappa shape index (κ3) is 3.82. The summed E-state index contributed by atoms with van der Waals surface area (Å²) in [5.74, 6) is 2.77. The Hall–Kier alpha value is -2.58. The normalized spacial score (nSPS) is 18.1. The van der Waals surface area contributed by atoms with Gasteiger partial charge in [0.25, 0.3) is 0 Å². The van der Waals surface area contributed by atoms with E-state index in [4.69, 9.17) is 5.10 Å². The maximum atomic E-state index is 4.71. The van der Waals surface area contributed by atoms with Crippen molar-refractivity contribution < 1.29 is 0 Å². The topological polar surface area (TPSA) is 76.7 Å². The number of aryl methyl sites for hydroxylation is 2. The molecule has 29 heavy (non-hydrogen) atoms. The fourth-order valence-corrected chi connectivity index (χ4v) is 4.55. The van der Waals surface area contributed by atoms with Gasteiger partial charge in [-0.1, -0.05) is 6.07 Å². The molecule has 0 saturated carbocycles. The van der Waals surface area contributed by atoms with Crippen molar-refractivity contribution in [1.29, 1.82) is 0 Å².